The number of thioether (sulfide) groups is 2. The van der Waals surface area contributed by atoms with Gasteiger partial charge in [-0.2, -0.15) is 23.5 Å². The Morgan fingerprint density at radius 3 is 2.00 bits per heavy atom. The Hall–Kier alpha value is 0.700. The van der Waals surface area contributed by atoms with Crippen LogP contribution in [0.1, 0.15) is 65.7 Å². The van der Waals surface area contributed by atoms with Crippen LogP contribution in [-0.4, -0.2) is 22.5 Å². The Labute approximate surface area is 112 Å². The molecule has 0 radical (unpaired) electrons. The highest BCUT2D eigenvalue weighted by atomic mass is 32.2. The van der Waals surface area contributed by atoms with Gasteiger partial charge in [0.15, 0.2) is 0 Å². The summed E-state index contributed by atoms with van der Waals surface area (Å²) < 4.78 is 0. The lowest BCUT2D eigenvalue weighted by molar-refractivity contribution is 0.774. The van der Waals surface area contributed by atoms with E-state index in [9.17, 15) is 0 Å². The summed E-state index contributed by atoms with van der Waals surface area (Å²) in [5.41, 5.74) is 0. The van der Waals surface area contributed by atoms with Crippen LogP contribution in [0.5, 0.6) is 0 Å². The summed E-state index contributed by atoms with van der Waals surface area (Å²) in [4.78, 5) is 0. The summed E-state index contributed by atoms with van der Waals surface area (Å²) in [5.74, 6) is 4.12. The molecule has 0 aromatic carbocycles. The fourth-order valence-corrected chi connectivity index (χ4v) is 4.24. The second kappa shape index (κ2) is 13.8. The molecule has 0 rings (SSSR count). The molecule has 0 heterocycles. The Bertz CT molecular complexity index is 126. The Balaban J connectivity index is 3.29. The zero-order valence-corrected chi connectivity index (χ0v) is 13.1. The first-order valence-electron chi connectivity index (χ1n) is 7.04. The molecule has 0 aliphatic rings. The predicted molar refractivity (Wildman–Crippen MR) is 82.9 cm³/mol. The number of hydrogen-bond acceptors (Lipinski definition) is 2. The van der Waals surface area contributed by atoms with Crippen LogP contribution in [0.4, 0.5) is 0 Å². The van der Waals surface area contributed by atoms with E-state index < -0.39 is 0 Å². The number of hydrogen-bond donors (Lipinski definition) is 0. The first-order valence-corrected chi connectivity index (χ1v) is 9.24. The molecule has 2 heteroatoms. The van der Waals surface area contributed by atoms with Crippen molar-refractivity contribution in [2.75, 3.05) is 17.3 Å². The molecule has 98 valence electrons. The number of rotatable bonds is 12. The fraction of sp³-hybridized carbons (Fsp3) is 1.00. The van der Waals surface area contributed by atoms with Crippen LogP contribution in [0.15, 0.2) is 0 Å². The fourth-order valence-electron chi connectivity index (χ4n) is 1.55. The standard InChI is InChI=1S/C14H30S2/c1-4-7-9-11-15-13-14(6-3)16-12-10-8-5-2/h14H,4-13H2,1-3H3/t14-/m1/s1. The summed E-state index contributed by atoms with van der Waals surface area (Å²) >= 11 is 4.37. The monoisotopic (exact) mass is 262 g/mol. The topological polar surface area (TPSA) is 0 Å². The highest BCUT2D eigenvalue weighted by Crippen LogP contribution is 2.21. The minimum Gasteiger partial charge on any atom is -0.161 e. The zero-order valence-electron chi connectivity index (χ0n) is 11.5. The quantitative estimate of drug-likeness (QED) is 0.419. The Morgan fingerprint density at radius 1 is 0.812 bits per heavy atom. The van der Waals surface area contributed by atoms with Crippen molar-refractivity contribution in [2.45, 2.75) is 71.0 Å². The largest absolute Gasteiger partial charge is 0.161 e. The normalized spacial score (nSPS) is 12.9. The maximum atomic E-state index is 2.34. The minimum absolute atomic E-state index is 0.906. The highest BCUT2D eigenvalue weighted by Gasteiger charge is 2.06. The van der Waals surface area contributed by atoms with Gasteiger partial charge in [-0.05, 0) is 30.8 Å². The molecule has 0 fully saturated rings. The van der Waals surface area contributed by atoms with E-state index in [-0.39, 0.29) is 0 Å². The van der Waals surface area contributed by atoms with Gasteiger partial charge in [0.25, 0.3) is 0 Å². The van der Waals surface area contributed by atoms with Gasteiger partial charge in [0.2, 0.25) is 0 Å². The van der Waals surface area contributed by atoms with Crippen LogP contribution >= 0.6 is 23.5 Å². The van der Waals surface area contributed by atoms with E-state index in [2.05, 4.69) is 44.3 Å². The smallest absolute Gasteiger partial charge is 0.0135 e. The van der Waals surface area contributed by atoms with Crippen LogP contribution in [0.3, 0.4) is 0 Å². The molecule has 0 nitrogen and oxygen atoms in total. The molecule has 0 bridgehead atoms. The molecule has 1 atom stereocenters. The third-order valence-electron chi connectivity index (χ3n) is 2.75. The summed E-state index contributed by atoms with van der Waals surface area (Å²) in [6, 6.07) is 0. The maximum absolute atomic E-state index is 2.34. The van der Waals surface area contributed by atoms with E-state index in [1.54, 1.807) is 0 Å². The van der Waals surface area contributed by atoms with Gasteiger partial charge < -0.3 is 0 Å². The molecule has 0 aromatic rings. The summed E-state index contributed by atoms with van der Waals surface area (Å²) in [7, 11) is 0. The van der Waals surface area contributed by atoms with Crippen LogP contribution in [0, 0.1) is 0 Å². The van der Waals surface area contributed by atoms with E-state index in [0.29, 0.717) is 0 Å². The maximum Gasteiger partial charge on any atom is 0.0135 e. The first-order chi connectivity index (χ1) is 7.85. The van der Waals surface area contributed by atoms with Gasteiger partial charge in [0.1, 0.15) is 0 Å². The lowest BCUT2D eigenvalue weighted by Crippen LogP contribution is -2.06. The van der Waals surface area contributed by atoms with Crippen molar-refractivity contribution in [3.8, 4) is 0 Å². The molecule has 0 N–H and O–H groups in total. The zero-order chi connectivity index (χ0) is 12.1. The molecule has 0 aliphatic heterocycles. The molecule has 0 unspecified atom stereocenters. The van der Waals surface area contributed by atoms with Crippen molar-refractivity contribution in [1.82, 2.24) is 0 Å². The SMILES string of the molecule is CCCCCSC[C@@H](CC)SCCCCC. The third kappa shape index (κ3) is 11.2. The predicted octanol–water partition coefficient (Wildman–Crippen LogP) is 5.61. The molecular formula is C14H30S2. The van der Waals surface area contributed by atoms with E-state index in [1.807, 2.05) is 0 Å². The van der Waals surface area contributed by atoms with E-state index >= 15 is 0 Å². The Kier molecular flexibility index (Phi) is 14.4. The van der Waals surface area contributed by atoms with Crippen molar-refractivity contribution in [3.63, 3.8) is 0 Å². The average molecular weight is 263 g/mol. The second-order valence-electron chi connectivity index (χ2n) is 4.39. The van der Waals surface area contributed by atoms with Gasteiger partial charge in [-0.25, -0.2) is 0 Å². The van der Waals surface area contributed by atoms with E-state index in [1.165, 1.54) is 62.2 Å². The summed E-state index contributed by atoms with van der Waals surface area (Å²) in [5, 5.41) is 0.906. The van der Waals surface area contributed by atoms with E-state index in [4.69, 9.17) is 0 Å². The van der Waals surface area contributed by atoms with Gasteiger partial charge in [-0.3, -0.25) is 0 Å². The van der Waals surface area contributed by atoms with E-state index in [0.717, 1.165) is 5.25 Å². The third-order valence-corrected chi connectivity index (χ3v) is 5.67. The molecule has 0 aromatic heterocycles. The molecule has 16 heavy (non-hydrogen) atoms. The van der Waals surface area contributed by atoms with Gasteiger partial charge in [-0.1, -0.05) is 46.5 Å². The van der Waals surface area contributed by atoms with Gasteiger partial charge in [-0.15, -0.1) is 0 Å². The van der Waals surface area contributed by atoms with Crippen molar-refractivity contribution < 1.29 is 0 Å². The second-order valence-corrected chi connectivity index (χ2v) is 6.95. The average Bonchev–Trinajstić information content (AvgIpc) is 2.31. The first kappa shape index (κ1) is 16.7. The van der Waals surface area contributed by atoms with Crippen LogP contribution < -0.4 is 0 Å². The van der Waals surface area contributed by atoms with Crippen LogP contribution in [0.2, 0.25) is 0 Å². The molecule has 0 saturated carbocycles. The van der Waals surface area contributed by atoms with Gasteiger partial charge in [0, 0.05) is 11.0 Å². The van der Waals surface area contributed by atoms with Gasteiger partial charge in [0.05, 0.1) is 0 Å². The van der Waals surface area contributed by atoms with Gasteiger partial charge >= 0.3 is 0 Å². The molecule has 0 aliphatic carbocycles. The Morgan fingerprint density at radius 2 is 1.44 bits per heavy atom. The van der Waals surface area contributed by atoms with Crippen molar-refractivity contribution in [3.05, 3.63) is 0 Å². The highest BCUT2D eigenvalue weighted by molar-refractivity contribution is 8.03. The summed E-state index contributed by atoms with van der Waals surface area (Å²) in [6.45, 7) is 6.90. The lowest BCUT2D eigenvalue weighted by Gasteiger charge is -2.13. The number of unbranched alkanes of at least 4 members (excludes halogenated alkanes) is 4. The molecule has 0 saturated heterocycles. The lowest BCUT2D eigenvalue weighted by atomic mass is 10.3. The molecule has 0 amide bonds. The van der Waals surface area contributed by atoms with Crippen molar-refractivity contribution in [1.29, 1.82) is 0 Å². The molecular weight excluding hydrogens is 232 g/mol. The van der Waals surface area contributed by atoms with Crippen LogP contribution in [0.25, 0.3) is 0 Å². The van der Waals surface area contributed by atoms with Crippen molar-refractivity contribution in [2.24, 2.45) is 0 Å². The van der Waals surface area contributed by atoms with Crippen LogP contribution in [-0.2, 0) is 0 Å². The summed E-state index contributed by atoms with van der Waals surface area (Å²) in [6.07, 6.45) is 9.70. The molecule has 0 spiro atoms. The van der Waals surface area contributed by atoms with Crippen molar-refractivity contribution >= 4 is 23.5 Å². The minimum atomic E-state index is 0.906.